The molecule has 1 aromatic carbocycles. The molecule has 1 atom stereocenters. The average Bonchev–Trinajstić information content (AvgIpc) is 2.26. The molecule has 1 heterocycles. The lowest BCUT2D eigenvalue weighted by Crippen LogP contribution is -2.36. The smallest absolute Gasteiger partial charge is 0.225 e. The van der Waals surface area contributed by atoms with Gasteiger partial charge in [-0.25, -0.2) is 0 Å². The van der Waals surface area contributed by atoms with Crippen LogP contribution in [0.4, 0.5) is 0 Å². The molecule has 1 aliphatic heterocycles. The quantitative estimate of drug-likeness (QED) is 0.852. The van der Waals surface area contributed by atoms with Crippen LogP contribution < -0.4 is 15.1 Å². The summed E-state index contributed by atoms with van der Waals surface area (Å²) in [5.41, 5.74) is 0. The van der Waals surface area contributed by atoms with E-state index in [4.69, 9.17) is 16.5 Å². The van der Waals surface area contributed by atoms with Gasteiger partial charge in [-0.1, -0.05) is 23.2 Å². The lowest BCUT2D eigenvalue weighted by molar-refractivity contribution is -0.119. The lowest BCUT2D eigenvalue weighted by atomic mass is 10.1. The second kappa shape index (κ2) is 4.87. The summed E-state index contributed by atoms with van der Waals surface area (Å²) >= 11 is 7.44. The van der Waals surface area contributed by atoms with Crippen LogP contribution >= 0.6 is 16.8 Å². The van der Waals surface area contributed by atoms with Crippen molar-refractivity contribution >= 4 is 39.8 Å². The van der Waals surface area contributed by atoms with E-state index >= 15 is 0 Å². The third-order valence-corrected chi connectivity index (χ3v) is 9.80. The van der Waals surface area contributed by atoms with E-state index in [0.717, 1.165) is 11.1 Å². The summed E-state index contributed by atoms with van der Waals surface area (Å²) in [5.74, 6) is 0.853. The summed E-state index contributed by atoms with van der Waals surface area (Å²) in [5, 5.41) is 1.95. The van der Waals surface area contributed by atoms with Crippen LogP contribution in [0.5, 0.6) is 5.75 Å². The Morgan fingerprint density at radius 1 is 1.39 bits per heavy atom. The molecule has 0 saturated carbocycles. The van der Waals surface area contributed by atoms with Gasteiger partial charge in [-0.2, -0.15) is 0 Å². The number of rotatable bonds is 2. The highest BCUT2D eigenvalue weighted by molar-refractivity contribution is 8.73. The maximum atomic E-state index is 11.8. The third kappa shape index (κ3) is 2.90. The predicted molar refractivity (Wildman–Crippen MR) is 81.3 cm³/mol. The van der Waals surface area contributed by atoms with E-state index in [9.17, 15) is 4.79 Å². The highest BCUT2D eigenvalue weighted by Gasteiger charge is 2.38. The standard InChI is InChI=1S/C12H16NO2PS2/c1-12(2)8-11(14)13-16(17,18-12)10-6-4-9(15-3)5-7-10/h4-7H,8H2,1-3H3,(H,13,14,17). The summed E-state index contributed by atoms with van der Waals surface area (Å²) in [7, 11) is 1.63. The van der Waals surface area contributed by atoms with Crippen LogP contribution in [0.3, 0.4) is 0 Å². The Morgan fingerprint density at radius 3 is 2.50 bits per heavy atom. The molecule has 0 aliphatic carbocycles. The van der Waals surface area contributed by atoms with E-state index in [1.807, 2.05) is 24.3 Å². The summed E-state index contributed by atoms with van der Waals surface area (Å²) in [6.45, 7) is 4.14. The summed E-state index contributed by atoms with van der Waals surface area (Å²) in [6.07, 6.45) is 0.520. The Balaban J connectivity index is 2.35. The molecule has 0 aromatic heterocycles. The van der Waals surface area contributed by atoms with E-state index in [-0.39, 0.29) is 10.7 Å². The first-order chi connectivity index (χ1) is 8.35. The molecule has 1 fully saturated rings. The van der Waals surface area contributed by atoms with Crippen molar-refractivity contribution in [2.24, 2.45) is 0 Å². The van der Waals surface area contributed by atoms with Crippen LogP contribution in [-0.2, 0) is 16.6 Å². The molecule has 1 N–H and O–H groups in total. The fourth-order valence-corrected chi connectivity index (χ4v) is 9.90. The molecule has 1 aromatic rings. The van der Waals surface area contributed by atoms with E-state index in [2.05, 4.69) is 18.9 Å². The number of carbonyl (C=O) groups is 1. The summed E-state index contributed by atoms with van der Waals surface area (Å²) in [6, 6.07) is 7.68. The normalized spacial score (nSPS) is 26.5. The highest BCUT2D eigenvalue weighted by atomic mass is 32.9. The van der Waals surface area contributed by atoms with Crippen LogP contribution in [0, 0.1) is 0 Å². The third-order valence-electron chi connectivity index (χ3n) is 2.65. The van der Waals surface area contributed by atoms with Crippen molar-refractivity contribution in [3.05, 3.63) is 24.3 Å². The van der Waals surface area contributed by atoms with Gasteiger partial charge < -0.3 is 9.82 Å². The molecule has 3 nitrogen and oxygen atoms in total. The Morgan fingerprint density at radius 2 is 2.00 bits per heavy atom. The number of benzene rings is 1. The maximum absolute atomic E-state index is 11.8. The van der Waals surface area contributed by atoms with E-state index in [1.165, 1.54) is 0 Å². The molecular formula is C12H16NO2PS2. The molecule has 1 saturated heterocycles. The van der Waals surface area contributed by atoms with Crippen molar-refractivity contribution in [1.82, 2.24) is 5.09 Å². The molecule has 1 amide bonds. The zero-order chi connectivity index (χ0) is 13.4. The van der Waals surface area contributed by atoms with Gasteiger partial charge in [0.1, 0.15) is 11.1 Å². The van der Waals surface area contributed by atoms with Gasteiger partial charge in [0.25, 0.3) is 0 Å². The monoisotopic (exact) mass is 301 g/mol. The van der Waals surface area contributed by atoms with Gasteiger partial charge in [0.15, 0.2) is 0 Å². The minimum atomic E-state index is -2.08. The maximum Gasteiger partial charge on any atom is 0.225 e. The summed E-state index contributed by atoms with van der Waals surface area (Å²) < 4.78 is 5.04. The van der Waals surface area contributed by atoms with Crippen molar-refractivity contribution in [1.29, 1.82) is 0 Å². The molecule has 98 valence electrons. The molecule has 1 aliphatic rings. The number of methoxy groups -OCH3 is 1. The van der Waals surface area contributed by atoms with Gasteiger partial charge in [-0.15, -0.1) is 0 Å². The molecule has 18 heavy (non-hydrogen) atoms. The molecule has 0 bridgehead atoms. The van der Waals surface area contributed by atoms with E-state index in [0.29, 0.717) is 6.42 Å². The topological polar surface area (TPSA) is 38.3 Å². The minimum absolute atomic E-state index is 0.0536. The second-order valence-electron chi connectivity index (χ2n) is 4.81. The number of amides is 1. The minimum Gasteiger partial charge on any atom is -0.497 e. The largest absolute Gasteiger partial charge is 0.497 e. The van der Waals surface area contributed by atoms with Crippen LogP contribution in [0.25, 0.3) is 0 Å². The van der Waals surface area contributed by atoms with Gasteiger partial charge in [0, 0.05) is 16.5 Å². The Hall–Kier alpha value is -0.510. The van der Waals surface area contributed by atoms with E-state index < -0.39 is 5.39 Å². The number of carbonyl (C=O) groups excluding carboxylic acids is 1. The molecular weight excluding hydrogens is 285 g/mol. The number of hydrogen-bond acceptors (Lipinski definition) is 4. The number of nitrogens with one attached hydrogen (secondary N) is 1. The molecule has 0 radical (unpaired) electrons. The Bertz CT molecular complexity index is 513. The fourth-order valence-electron chi connectivity index (χ4n) is 1.89. The Kier molecular flexibility index (Phi) is 3.77. The van der Waals surface area contributed by atoms with Crippen molar-refractivity contribution in [3.8, 4) is 5.75 Å². The van der Waals surface area contributed by atoms with Gasteiger partial charge >= 0.3 is 0 Å². The van der Waals surface area contributed by atoms with Gasteiger partial charge in [-0.3, -0.25) is 4.79 Å². The van der Waals surface area contributed by atoms with E-state index in [1.54, 1.807) is 18.5 Å². The van der Waals surface area contributed by atoms with Crippen molar-refractivity contribution in [3.63, 3.8) is 0 Å². The van der Waals surface area contributed by atoms with Gasteiger partial charge in [0.05, 0.1) is 7.11 Å². The van der Waals surface area contributed by atoms with Gasteiger partial charge in [-0.05, 0) is 38.1 Å². The molecule has 2 rings (SSSR count). The fraction of sp³-hybridized carbons (Fsp3) is 0.417. The molecule has 6 heteroatoms. The zero-order valence-corrected chi connectivity index (χ0v) is 13.1. The first-order valence-electron chi connectivity index (χ1n) is 5.61. The second-order valence-corrected chi connectivity index (χ2v) is 12.5. The predicted octanol–water partition coefficient (Wildman–Crippen LogP) is 2.66. The Labute approximate surface area is 116 Å². The number of ether oxygens (including phenoxy) is 1. The van der Waals surface area contributed by atoms with Crippen LogP contribution in [0.1, 0.15) is 20.3 Å². The molecule has 0 spiro atoms. The number of hydrogen-bond donors (Lipinski definition) is 1. The van der Waals surface area contributed by atoms with Gasteiger partial charge in [0.2, 0.25) is 5.91 Å². The lowest BCUT2D eigenvalue weighted by Gasteiger charge is -2.37. The highest BCUT2D eigenvalue weighted by Crippen LogP contribution is 2.62. The van der Waals surface area contributed by atoms with Crippen LogP contribution in [-0.4, -0.2) is 17.8 Å². The van der Waals surface area contributed by atoms with Crippen LogP contribution in [0.2, 0.25) is 0 Å². The SMILES string of the molecule is COc1ccc(P2(=S)NC(=O)CC(C)(C)S2)cc1. The summed E-state index contributed by atoms with van der Waals surface area (Å²) in [4.78, 5) is 11.8. The van der Waals surface area contributed by atoms with Crippen molar-refractivity contribution < 1.29 is 9.53 Å². The zero-order valence-electron chi connectivity index (χ0n) is 10.6. The van der Waals surface area contributed by atoms with Crippen molar-refractivity contribution in [2.45, 2.75) is 25.0 Å². The first kappa shape index (κ1) is 13.9. The first-order valence-corrected chi connectivity index (χ1v) is 9.84. The molecule has 1 unspecified atom stereocenters. The van der Waals surface area contributed by atoms with Crippen LogP contribution in [0.15, 0.2) is 24.3 Å². The average molecular weight is 301 g/mol. The van der Waals surface area contributed by atoms with Crippen molar-refractivity contribution in [2.75, 3.05) is 7.11 Å².